The smallest absolute Gasteiger partial charge is 0.228 e. The predicted molar refractivity (Wildman–Crippen MR) is 124 cm³/mol. The van der Waals surface area contributed by atoms with Gasteiger partial charge in [-0.2, -0.15) is 0 Å². The fourth-order valence-electron chi connectivity index (χ4n) is 4.41. The molecule has 0 aromatic heterocycles. The highest BCUT2D eigenvalue weighted by Gasteiger charge is 2.49. The van der Waals surface area contributed by atoms with Gasteiger partial charge in [0.15, 0.2) is 0 Å². The molecule has 0 unspecified atom stereocenters. The van der Waals surface area contributed by atoms with Crippen LogP contribution in [0.1, 0.15) is 22.3 Å². The molecule has 0 amide bonds. The van der Waals surface area contributed by atoms with Gasteiger partial charge in [-0.25, -0.2) is 4.39 Å². The minimum atomic E-state index is -1.66. The molecule has 0 aliphatic carbocycles. The maximum absolute atomic E-state index is 15.3. The maximum Gasteiger partial charge on any atom is 0.228 e. The summed E-state index contributed by atoms with van der Waals surface area (Å²) < 4.78 is 45.8. The van der Waals surface area contributed by atoms with Crippen molar-refractivity contribution in [1.29, 1.82) is 0 Å². The highest BCUT2D eigenvalue weighted by Crippen LogP contribution is 2.32. The fraction of sp³-hybridized carbons (Fsp3) is 0.357. The van der Waals surface area contributed by atoms with E-state index in [9.17, 15) is 0 Å². The molecule has 0 saturated carbocycles. The summed E-state index contributed by atoms with van der Waals surface area (Å²) in [7, 11) is 0. The van der Waals surface area contributed by atoms with Crippen molar-refractivity contribution in [2.24, 2.45) is 0 Å². The molecule has 1 saturated heterocycles. The van der Waals surface area contributed by atoms with E-state index in [1.807, 2.05) is 84.9 Å². The zero-order valence-corrected chi connectivity index (χ0v) is 18.9. The van der Waals surface area contributed by atoms with Crippen molar-refractivity contribution in [3.63, 3.8) is 0 Å². The zero-order valence-electron chi connectivity index (χ0n) is 18.9. The van der Waals surface area contributed by atoms with Crippen molar-refractivity contribution in [3.8, 4) is 0 Å². The van der Waals surface area contributed by atoms with Crippen LogP contribution >= 0.6 is 0 Å². The Morgan fingerprint density at radius 1 is 0.706 bits per heavy atom. The van der Waals surface area contributed by atoms with Gasteiger partial charge in [0.2, 0.25) is 6.36 Å². The quantitative estimate of drug-likeness (QED) is 0.516. The molecule has 0 N–H and O–H groups in total. The Bertz CT molecular complexity index is 1030. The molecule has 1 fully saturated rings. The van der Waals surface area contributed by atoms with E-state index >= 15 is 4.39 Å². The normalized spacial score (nSPS) is 27.0. The minimum Gasteiger partial charge on any atom is -0.374 e. The summed E-state index contributed by atoms with van der Waals surface area (Å²) in [4.78, 5) is 0. The average molecular weight is 465 g/mol. The molecule has 2 bridgehead atoms. The Morgan fingerprint density at radius 3 is 1.91 bits per heavy atom. The van der Waals surface area contributed by atoms with E-state index < -0.39 is 30.8 Å². The molecule has 2 aliphatic heterocycles. The Hall–Kier alpha value is -2.61. The summed E-state index contributed by atoms with van der Waals surface area (Å²) in [5, 5.41) is 0. The van der Waals surface area contributed by atoms with Gasteiger partial charge in [0.05, 0.1) is 33.0 Å². The molecule has 178 valence electrons. The van der Waals surface area contributed by atoms with Crippen LogP contribution in [0, 0.1) is 0 Å². The molecule has 0 spiro atoms. The van der Waals surface area contributed by atoms with Gasteiger partial charge in [0.25, 0.3) is 0 Å². The number of hydrogen-bond acceptors (Lipinski definition) is 5. The summed E-state index contributed by atoms with van der Waals surface area (Å²) in [6, 6.07) is 27.5. The van der Waals surface area contributed by atoms with Gasteiger partial charge in [-0.1, -0.05) is 84.9 Å². The third-order valence-corrected chi connectivity index (χ3v) is 6.24. The van der Waals surface area contributed by atoms with Gasteiger partial charge < -0.3 is 23.7 Å². The van der Waals surface area contributed by atoms with E-state index in [0.29, 0.717) is 19.8 Å². The van der Waals surface area contributed by atoms with Crippen LogP contribution in [-0.2, 0) is 50.1 Å². The topological polar surface area (TPSA) is 46.2 Å². The van der Waals surface area contributed by atoms with Crippen molar-refractivity contribution in [1.82, 2.24) is 0 Å². The van der Waals surface area contributed by atoms with Crippen molar-refractivity contribution in [3.05, 3.63) is 107 Å². The molecule has 5 nitrogen and oxygen atoms in total. The van der Waals surface area contributed by atoms with Crippen LogP contribution in [0.3, 0.4) is 0 Å². The summed E-state index contributed by atoms with van der Waals surface area (Å²) in [5.74, 6) is 0. The highest BCUT2D eigenvalue weighted by molar-refractivity contribution is 5.26. The molecule has 2 aliphatic rings. The first-order valence-corrected chi connectivity index (χ1v) is 11.6. The van der Waals surface area contributed by atoms with Crippen LogP contribution in [0.4, 0.5) is 4.39 Å². The highest BCUT2D eigenvalue weighted by atomic mass is 19.1. The number of benzene rings is 3. The SMILES string of the molecule is F[C@@H]1O[C@@H]2COCc3ccccc3CO[C@H]([C@H]1OCc1ccccc1)[C@@H]2OCc1ccccc1. The van der Waals surface area contributed by atoms with Gasteiger partial charge in [-0.15, -0.1) is 0 Å². The van der Waals surface area contributed by atoms with Crippen molar-refractivity contribution in [2.75, 3.05) is 6.61 Å². The predicted octanol–water partition coefficient (Wildman–Crippen LogP) is 4.97. The van der Waals surface area contributed by atoms with Gasteiger partial charge in [0.1, 0.15) is 24.4 Å². The van der Waals surface area contributed by atoms with E-state index in [1.165, 1.54) is 0 Å². The van der Waals surface area contributed by atoms with Crippen LogP contribution in [-0.4, -0.2) is 37.4 Å². The van der Waals surface area contributed by atoms with Crippen molar-refractivity contribution in [2.45, 2.75) is 57.2 Å². The lowest BCUT2D eigenvalue weighted by atomic mass is 9.98. The van der Waals surface area contributed by atoms with Crippen LogP contribution in [0.15, 0.2) is 84.9 Å². The molecule has 5 atom stereocenters. The number of halogens is 1. The monoisotopic (exact) mass is 464 g/mol. The second kappa shape index (κ2) is 11.2. The first kappa shape index (κ1) is 23.1. The second-order valence-electron chi connectivity index (χ2n) is 8.61. The Kier molecular flexibility index (Phi) is 7.63. The standard InChI is InChI=1S/C28H29FO5/c29-28-27(32-16-21-11-5-2-6-12-21)26-25(31-15-20-9-3-1-4-10-20)24(34-28)19-30-17-22-13-7-8-14-23(22)18-33-26/h1-14,24-28H,15-19H2/t24-,25-,26+,27-,28-/m1/s1. The summed E-state index contributed by atoms with van der Waals surface area (Å²) in [6.07, 6.45) is -4.45. The van der Waals surface area contributed by atoms with Gasteiger partial charge in [-0.05, 0) is 22.3 Å². The molecule has 2 heterocycles. The lowest BCUT2D eigenvalue weighted by Crippen LogP contribution is -2.60. The molecule has 6 heteroatoms. The van der Waals surface area contributed by atoms with Crippen molar-refractivity contribution >= 4 is 0 Å². The van der Waals surface area contributed by atoms with E-state index in [4.69, 9.17) is 23.7 Å². The minimum absolute atomic E-state index is 0.194. The summed E-state index contributed by atoms with van der Waals surface area (Å²) >= 11 is 0. The van der Waals surface area contributed by atoms with E-state index in [-0.39, 0.29) is 13.2 Å². The van der Waals surface area contributed by atoms with Gasteiger partial charge >= 0.3 is 0 Å². The molecule has 5 rings (SSSR count). The van der Waals surface area contributed by atoms with Crippen LogP contribution in [0.2, 0.25) is 0 Å². The number of hydrogen-bond donors (Lipinski definition) is 0. The Morgan fingerprint density at radius 2 is 1.26 bits per heavy atom. The molecule has 3 aromatic rings. The number of alkyl halides is 1. The van der Waals surface area contributed by atoms with Crippen LogP contribution in [0.5, 0.6) is 0 Å². The largest absolute Gasteiger partial charge is 0.374 e. The molecule has 34 heavy (non-hydrogen) atoms. The molecule has 0 radical (unpaired) electrons. The number of fused-ring (bicyclic) bond motifs is 3. The first-order valence-electron chi connectivity index (χ1n) is 11.6. The van der Waals surface area contributed by atoms with E-state index in [1.54, 1.807) is 0 Å². The average Bonchev–Trinajstić information content (AvgIpc) is 2.88. The third-order valence-electron chi connectivity index (χ3n) is 6.24. The lowest BCUT2D eigenvalue weighted by Gasteiger charge is -2.44. The van der Waals surface area contributed by atoms with E-state index in [0.717, 1.165) is 22.3 Å². The fourth-order valence-corrected chi connectivity index (χ4v) is 4.41. The second-order valence-corrected chi connectivity index (χ2v) is 8.61. The summed E-state index contributed by atoms with van der Waals surface area (Å²) in [6.45, 7) is 1.50. The number of rotatable bonds is 6. The third kappa shape index (κ3) is 5.54. The maximum atomic E-state index is 15.3. The Balaban J connectivity index is 1.40. The molecule has 3 aromatic carbocycles. The summed E-state index contributed by atoms with van der Waals surface area (Å²) in [5.41, 5.74) is 4.02. The molecular weight excluding hydrogens is 435 g/mol. The van der Waals surface area contributed by atoms with E-state index in [2.05, 4.69) is 0 Å². The Labute approximate surface area is 199 Å². The lowest BCUT2D eigenvalue weighted by molar-refractivity contribution is -0.299. The van der Waals surface area contributed by atoms with Crippen LogP contribution in [0.25, 0.3) is 0 Å². The molecular formula is C28H29FO5. The zero-order chi connectivity index (χ0) is 23.2. The number of ether oxygens (including phenoxy) is 5. The van der Waals surface area contributed by atoms with Crippen molar-refractivity contribution < 1.29 is 28.1 Å². The van der Waals surface area contributed by atoms with Gasteiger partial charge in [-0.3, -0.25) is 0 Å². The van der Waals surface area contributed by atoms with Crippen LogP contribution < -0.4 is 0 Å². The van der Waals surface area contributed by atoms with Gasteiger partial charge in [0, 0.05) is 0 Å². The first-order chi connectivity index (χ1) is 16.8.